The largest absolute Gasteiger partial charge is 0.285 e. The first kappa shape index (κ1) is 20.2. The third-order valence-corrected chi connectivity index (χ3v) is 5.11. The average molecular weight is 441 g/mol. The molecule has 0 aliphatic heterocycles. The third-order valence-electron chi connectivity index (χ3n) is 4.65. The topological polar surface area (TPSA) is 60.7 Å². The Bertz CT molecular complexity index is 1360. The fourth-order valence-corrected chi connectivity index (χ4v) is 3.23. The number of pyridine rings is 2. The van der Waals surface area contributed by atoms with Gasteiger partial charge < -0.3 is 0 Å². The molecule has 0 bridgehead atoms. The van der Waals surface area contributed by atoms with Gasteiger partial charge in [-0.3, -0.25) is 4.79 Å². The summed E-state index contributed by atoms with van der Waals surface area (Å²) < 4.78 is 16.1. The normalized spacial score (nSPS) is 11.5. The van der Waals surface area contributed by atoms with Crippen LogP contribution in [0.15, 0.2) is 47.4 Å². The van der Waals surface area contributed by atoms with E-state index in [0.29, 0.717) is 16.4 Å². The summed E-state index contributed by atoms with van der Waals surface area (Å²) in [7, 11) is 0. The molecule has 3 aromatic heterocycles. The SMILES string of the molecule is Cc1cc2c(nc1C)c(=O)c(/C=C/c1ccc(Cl)nc1)nn2-c1ccc(Cl)cc1F. The summed E-state index contributed by atoms with van der Waals surface area (Å²) >= 11 is 11.7. The highest BCUT2D eigenvalue weighted by molar-refractivity contribution is 6.30. The van der Waals surface area contributed by atoms with Gasteiger partial charge in [0.1, 0.15) is 27.9 Å². The number of aryl methyl sites for hydroxylation is 2. The summed E-state index contributed by atoms with van der Waals surface area (Å²) in [5, 5.41) is 5.05. The Hall–Kier alpha value is -3.09. The van der Waals surface area contributed by atoms with E-state index in [9.17, 15) is 9.18 Å². The molecule has 3 heterocycles. The standard InChI is InChI=1S/C22H15Cl2FN4O/c1-12-9-19-21(27-13(12)2)22(30)17(6-3-14-4-8-20(24)26-11-14)28-29(19)18-7-5-15(23)10-16(18)25/h3-11H,1-2H3/b6-3+. The molecule has 0 radical (unpaired) electrons. The number of fused-ring (bicyclic) bond motifs is 1. The maximum absolute atomic E-state index is 14.7. The first-order valence-corrected chi connectivity index (χ1v) is 9.75. The zero-order valence-electron chi connectivity index (χ0n) is 16.0. The van der Waals surface area contributed by atoms with Crippen molar-refractivity contribution in [2.45, 2.75) is 13.8 Å². The molecule has 4 aromatic rings. The molecule has 0 aliphatic rings. The molecule has 5 nitrogen and oxygen atoms in total. The van der Waals surface area contributed by atoms with Crippen LogP contribution in [0.3, 0.4) is 0 Å². The highest BCUT2D eigenvalue weighted by Crippen LogP contribution is 2.22. The van der Waals surface area contributed by atoms with Crippen LogP contribution in [-0.4, -0.2) is 19.7 Å². The molecule has 1 aromatic carbocycles. The Balaban J connectivity index is 1.97. The van der Waals surface area contributed by atoms with E-state index < -0.39 is 5.82 Å². The maximum atomic E-state index is 14.7. The van der Waals surface area contributed by atoms with Gasteiger partial charge in [0.2, 0.25) is 5.43 Å². The summed E-state index contributed by atoms with van der Waals surface area (Å²) in [5.41, 5.74) is 2.86. The van der Waals surface area contributed by atoms with Crippen molar-refractivity contribution >= 4 is 46.4 Å². The lowest BCUT2D eigenvalue weighted by Gasteiger charge is -2.13. The lowest BCUT2D eigenvalue weighted by atomic mass is 10.1. The van der Waals surface area contributed by atoms with E-state index in [4.69, 9.17) is 23.2 Å². The van der Waals surface area contributed by atoms with E-state index in [1.165, 1.54) is 16.8 Å². The van der Waals surface area contributed by atoms with E-state index in [0.717, 1.165) is 11.1 Å². The van der Waals surface area contributed by atoms with Crippen LogP contribution in [0, 0.1) is 19.7 Å². The zero-order valence-corrected chi connectivity index (χ0v) is 17.5. The summed E-state index contributed by atoms with van der Waals surface area (Å²) in [6.45, 7) is 3.69. The molecule has 0 unspecified atom stereocenters. The number of aromatic nitrogens is 4. The molecule has 0 N–H and O–H groups in total. The Kier molecular flexibility index (Phi) is 5.37. The van der Waals surface area contributed by atoms with Crippen molar-refractivity contribution < 1.29 is 4.39 Å². The highest BCUT2D eigenvalue weighted by atomic mass is 35.5. The third kappa shape index (κ3) is 3.84. The monoisotopic (exact) mass is 440 g/mol. The first-order valence-electron chi connectivity index (χ1n) is 9.00. The Morgan fingerprint density at radius 1 is 1.07 bits per heavy atom. The molecule has 4 rings (SSSR count). The van der Waals surface area contributed by atoms with Crippen molar-refractivity contribution in [1.82, 2.24) is 19.7 Å². The second-order valence-electron chi connectivity index (χ2n) is 6.73. The molecule has 0 saturated heterocycles. The van der Waals surface area contributed by atoms with Crippen molar-refractivity contribution in [1.29, 1.82) is 0 Å². The average Bonchev–Trinajstić information content (AvgIpc) is 2.71. The van der Waals surface area contributed by atoms with E-state index in [2.05, 4.69) is 15.1 Å². The van der Waals surface area contributed by atoms with Gasteiger partial charge in [-0.25, -0.2) is 19.0 Å². The molecule has 0 atom stereocenters. The first-order chi connectivity index (χ1) is 14.3. The Labute approximate surface area is 181 Å². The zero-order chi connectivity index (χ0) is 21.4. The second-order valence-corrected chi connectivity index (χ2v) is 7.55. The molecule has 8 heteroatoms. The molecular weight excluding hydrogens is 426 g/mol. The van der Waals surface area contributed by atoms with Crippen LogP contribution >= 0.6 is 23.2 Å². The second kappa shape index (κ2) is 7.97. The summed E-state index contributed by atoms with van der Waals surface area (Å²) in [4.78, 5) is 21.5. The Morgan fingerprint density at radius 3 is 2.57 bits per heavy atom. The Morgan fingerprint density at radius 2 is 1.87 bits per heavy atom. The number of hydrogen-bond acceptors (Lipinski definition) is 4. The molecular formula is C22H15Cl2FN4O. The van der Waals surface area contributed by atoms with Crippen LogP contribution in [0.2, 0.25) is 10.2 Å². The van der Waals surface area contributed by atoms with Crippen LogP contribution in [0.5, 0.6) is 0 Å². The van der Waals surface area contributed by atoms with E-state index in [1.807, 2.05) is 13.8 Å². The van der Waals surface area contributed by atoms with Gasteiger partial charge in [0, 0.05) is 16.9 Å². The minimum Gasteiger partial charge on any atom is -0.285 e. The number of halogens is 3. The van der Waals surface area contributed by atoms with Gasteiger partial charge in [-0.2, -0.15) is 5.10 Å². The van der Waals surface area contributed by atoms with Gasteiger partial charge >= 0.3 is 0 Å². The predicted molar refractivity (Wildman–Crippen MR) is 118 cm³/mol. The predicted octanol–water partition coefficient (Wildman–Crippen LogP) is 5.41. The minimum absolute atomic E-state index is 0.113. The molecule has 0 saturated carbocycles. The number of nitrogens with zero attached hydrogens (tertiary/aromatic N) is 4. The summed E-state index contributed by atoms with van der Waals surface area (Å²) in [6, 6.07) is 9.46. The van der Waals surface area contributed by atoms with E-state index in [-0.39, 0.29) is 27.3 Å². The molecule has 150 valence electrons. The van der Waals surface area contributed by atoms with E-state index >= 15 is 0 Å². The number of rotatable bonds is 3. The van der Waals surface area contributed by atoms with Crippen LogP contribution < -0.4 is 5.43 Å². The fraction of sp³-hybridized carbons (Fsp3) is 0.0909. The van der Waals surface area contributed by atoms with Crippen LogP contribution in [0.4, 0.5) is 4.39 Å². The summed E-state index contributed by atoms with van der Waals surface area (Å²) in [6.07, 6.45) is 4.80. The van der Waals surface area contributed by atoms with Crippen molar-refractivity contribution in [3.8, 4) is 5.69 Å². The van der Waals surface area contributed by atoms with Crippen molar-refractivity contribution in [3.05, 3.63) is 91.3 Å². The van der Waals surface area contributed by atoms with Crippen molar-refractivity contribution in [2.24, 2.45) is 0 Å². The smallest absolute Gasteiger partial charge is 0.233 e. The van der Waals surface area contributed by atoms with Crippen LogP contribution in [-0.2, 0) is 0 Å². The lowest BCUT2D eigenvalue weighted by Crippen LogP contribution is -2.18. The van der Waals surface area contributed by atoms with Gasteiger partial charge in [0.25, 0.3) is 0 Å². The minimum atomic E-state index is -0.560. The van der Waals surface area contributed by atoms with Crippen LogP contribution in [0.25, 0.3) is 28.9 Å². The fourth-order valence-electron chi connectivity index (χ4n) is 2.95. The molecule has 0 fully saturated rings. The molecule has 0 spiro atoms. The van der Waals surface area contributed by atoms with Gasteiger partial charge in [-0.05, 0) is 61.4 Å². The van der Waals surface area contributed by atoms with Gasteiger partial charge in [-0.1, -0.05) is 35.3 Å². The summed E-state index contributed by atoms with van der Waals surface area (Å²) in [5.74, 6) is -0.560. The lowest BCUT2D eigenvalue weighted by molar-refractivity contribution is 0.611. The van der Waals surface area contributed by atoms with E-state index in [1.54, 1.807) is 42.6 Å². The van der Waals surface area contributed by atoms with Gasteiger partial charge in [0.15, 0.2) is 0 Å². The molecule has 0 amide bonds. The van der Waals surface area contributed by atoms with Crippen molar-refractivity contribution in [3.63, 3.8) is 0 Å². The molecule has 30 heavy (non-hydrogen) atoms. The van der Waals surface area contributed by atoms with Gasteiger partial charge in [-0.15, -0.1) is 0 Å². The maximum Gasteiger partial charge on any atom is 0.233 e. The molecule has 0 aliphatic carbocycles. The van der Waals surface area contributed by atoms with Crippen LogP contribution in [0.1, 0.15) is 22.5 Å². The quantitative estimate of drug-likeness (QED) is 0.399. The van der Waals surface area contributed by atoms with Crippen molar-refractivity contribution in [2.75, 3.05) is 0 Å². The number of hydrogen-bond donors (Lipinski definition) is 0. The number of benzene rings is 1. The van der Waals surface area contributed by atoms with Gasteiger partial charge in [0.05, 0.1) is 5.52 Å². The highest BCUT2D eigenvalue weighted by Gasteiger charge is 2.16.